The minimum absolute atomic E-state index is 0.120. The largest absolute Gasteiger partial charge is 0.352 e. The minimum Gasteiger partial charge on any atom is -0.352 e. The Labute approximate surface area is 136 Å². The molecule has 0 aliphatic rings. The number of benzene rings is 1. The number of amides is 3. The summed E-state index contributed by atoms with van der Waals surface area (Å²) in [5, 5.41) is 5.43. The number of carbonyl (C=O) groups excluding carboxylic acids is 2. The molecule has 0 spiro atoms. The quantitative estimate of drug-likeness (QED) is 0.686. The summed E-state index contributed by atoms with van der Waals surface area (Å²) < 4.78 is 0. The third kappa shape index (κ3) is 5.97. The van der Waals surface area contributed by atoms with E-state index in [-0.39, 0.29) is 11.9 Å². The molecule has 22 heavy (non-hydrogen) atoms. The van der Waals surface area contributed by atoms with Gasteiger partial charge in [0.05, 0.1) is 6.04 Å². The third-order valence-electron chi connectivity index (χ3n) is 3.49. The molecule has 122 valence electrons. The second kappa shape index (κ2) is 9.35. The Kier molecular flexibility index (Phi) is 7.80. The summed E-state index contributed by atoms with van der Waals surface area (Å²) in [7, 11) is 0. The zero-order valence-corrected chi connectivity index (χ0v) is 14.2. The van der Waals surface area contributed by atoms with Gasteiger partial charge in [0.1, 0.15) is 6.04 Å². The Bertz CT molecular complexity index is 491. The number of nitrogens with one attached hydrogen (secondary N) is 2. The lowest BCUT2D eigenvalue weighted by Gasteiger charge is -2.21. The van der Waals surface area contributed by atoms with Crippen LogP contribution in [0.25, 0.3) is 0 Å². The molecule has 1 rings (SSSR count). The van der Waals surface area contributed by atoms with Crippen molar-refractivity contribution in [2.45, 2.75) is 38.8 Å². The Morgan fingerprint density at radius 2 is 1.86 bits per heavy atom. The summed E-state index contributed by atoms with van der Waals surface area (Å²) in [5.74, 6) is 0.567. The fourth-order valence-electron chi connectivity index (χ4n) is 2.12. The molecular formula is C16H25N3O2S. The zero-order valence-electron chi connectivity index (χ0n) is 13.4. The maximum Gasteiger partial charge on any atom is 0.312 e. The number of urea groups is 1. The Hall–Kier alpha value is -1.69. The molecule has 2 atom stereocenters. The van der Waals surface area contributed by atoms with E-state index < -0.39 is 12.1 Å². The van der Waals surface area contributed by atoms with E-state index in [1.54, 1.807) is 11.8 Å². The molecule has 0 aromatic heterocycles. The van der Waals surface area contributed by atoms with Crippen molar-refractivity contribution in [3.63, 3.8) is 0 Å². The molecule has 4 N–H and O–H groups in total. The normalized spacial score (nSPS) is 13.2. The van der Waals surface area contributed by atoms with E-state index in [9.17, 15) is 9.59 Å². The van der Waals surface area contributed by atoms with Crippen LogP contribution < -0.4 is 16.4 Å². The van der Waals surface area contributed by atoms with Crippen LogP contribution in [0.15, 0.2) is 24.3 Å². The molecule has 1 aromatic carbocycles. The number of carbonyl (C=O) groups is 2. The van der Waals surface area contributed by atoms with Crippen molar-refractivity contribution in [3.05, 3.63) is 35.4 Å². The van der Waals surface area contributed by atoms with Crippen molar-refractivity contribution in [3.8, 4) is 0 Å². The first-order valence-corrected chi connectivity index (χ1v) is 8.81. The first-order chi connectivity index (χ1) is 10.5. The molecular weight excluding hydrogens is 298 g/mol. The van der Waals surface area contributed by atoms with E-state index in [1.165, 1.54) is 5.56 Å². The molecule has 3 amide bonds. The lowest BCUT2D eigenvalue weighted by Crippen LogP contribution is -2.49. The highest BCUT2D eigenvalue weighted by atomic mass is 32.2. The monoisotopic (exact) mass is 323 g/mol. The van der Waals surface area contributed by atoms with Crippen LogP contribution in [0.4, 0.5) is 4.79 Å². The second-order valence-electron chi connectivity index (χ2n) is 5.17. The van der Waals surface area contributed by atoms with Crippen LogP contribution in [0, 0.1) is 0 Å². The predicted molar refractivity (Wildman–Crippen MR) is 91.9 cm³/mol. The molecule has 0 fully saturated rings. The van der Waals surface area contributed by atoms with Crippen molar-refractivity contribution in [1.82, 2.24) is 10.6 Å². The van der Waals surface area contributed by atoms with Crippen LogP contribution in [0.1, 0.15) is 37.4 Å². The van der Waals surface area contributed by atoms with Crippen LogP contribution in [0.5, 0.6) is 0 Å². The summed E-state index contributed by atoms with van der Waals surface area (Å²) in [6, 6.07) is 6.76. The first-order valence-electron chi connectivity index (χ1n) is 7.42. The fourth-order valence-corrected chi connectivity index (χ4v) is 2.59. The molecule has 0 aliphatic heterocycles. The standard InChI is InChI=1S/C16H25N3O2S/c1-4-12-5-7-13(8-6-12)11(2)18-15(20)14(9-10-22-3)19-16(17)21/h5-8,11,14H,4,9-10H2,1-3H3,(H,18,20)(H3,17,19,21). The maximum absolute atomic E-state index is 12.3. The number of nitrogens with two attached hydrogens (primary N) is 1. The Morgan fingerprint density at radius 3 is 2.36 bits per heavy atom. The van der Waals surface area contributed by atoms with Gasteiger partial charge in [-0.3, -0.25) is 4.79 Å². The van der Waals surface area contributed by atoms with E-state index in [0.717, 1.165) is 17.7 Å². The van der Waals surface area contributed by atoms with Gasteiger partial charge in [0, 0.05) is 0 Å². The molecule has 1 aromatic rings. The van der Waals surface area contributed by atoms with Crippen LogP contribution in [0.2, 0.25) is 0 Å². The maximum atomic E-state index is 12.3. The van der Waals surface area contributed by atoms with E-state index in [0.29, 0.717) is 6.42 Å². The van der Waals surface area contributed by atoms with Gasteiger partial charge in [-0.2, -0.15) is 11.8 Å². The first kappa shape index (κ1) is 18.4. The summed E-state index contributed by atoms with van der Waals surface area (Å²) in [4.78, 5) is 23.3. The van der Waals surface area contributed by atoms with E-state index >= 15 is 0 Å². The summed E-state index contributed by atoms with van der Waals surface area (Å²) in [5.41, 5.74) is 7.44. The minimum atomic E-state index is -0.679. The zero-order chi connectivity index (χ0) is 16.5. The number of thioether (sulfide) groups is 1. The molecule has 0 heterocycles. The average molecular weight is 323 g/mol. The van der Waals surface area contributed by atoms with Gasteiger partial charge < -0.3 is 16.4 Å². The molecule has 0 saturated carbocycles. The summed E-state index contributed by atoms with van der Waals surface area (Å²) in [6.07, 6.45) is 3.49. The van der Waals surface area contributed by atoms with E-state index in [2.05, 4.69) is 29.7 Å². The topological polar surface area (TPSA) is 84.2 Å². The second-order valence-corrected chi connectivity index (χ2v) is 6.15. The van der Waals surface area contributed by atoms with Crippen LogP contribution in [-0.4, -0.2) is 30.0 Å². The highest BCUT2D eigenvalue weighted by Crippen LogP contribution is 2.14. The smallest absolute Gasteiger partial charge is 0.312 e. The van der Waals surface area contributed by atoms with E-state index in [4.69, 9.17) is 5.73 Å². The van der Waals surface area contributed by atoms with Crippen molar-refractivity contribution in [2.75, 3.05) is 12.0 Å². The van der Waals surface area contributed by atoms with Crippen molar-refractivity contribution < 1.29 is 9.59 Å². The summed E-state index contributed by atoms with van der Waals surface area (Å²) >= 11 is 1.62. The van der Waals surface area contributed by atoms with Gasteiger partial charge in [-0.1, -0.05) is 31.2 Å². The lowest BCUT2D eigenvalue weighted by molar-refractivity contribution is -0.123. The van der Waals surface area contributed by atoms with Gasteiger partial charge in [0.2, 0.25) is 5.91 Å². The van der Waals surface area contributed by atoms with Gasteiger partial charge in [0.25, 0.3) is 0 Å². The molecule has 0 bridgehead atoms. The molecule has 0 radical (unpaired) electrons. The molecule has 5 nitrogen and oxygen atoms in total. The third-order valence-corrected chi connectivity index (χ3v) is 4.13. The van der Waals surface area contributed by atoms with Crippen LogP contribution in [0.3, 0.4) is 0 Å². The molecule has 2 unspecified atom stereocenters. The summed E-state index contributed by atoms with van der Waals surface area (Å²) in [6.45, 7) is 4.03. The van der Waals surface area contributed by atoms with Crippen molar-refractivity contribution >= 4 is 23.7 Å². The predicted octanol–water partition coefficient (Wildman–Crippen LogP) is 2.22. The van der Waals surface area contributed by atoms with Crippen molar-refractivity contribution in [2.24, 2.45) is 5.73 Å². The average Bonchev–Trinajstić information content (AvgIpc) is 2.50. The van der Waals surface area contributed by atoms with Crippen LogP contribution >= 0.6 is 11.8 Å². The number of rotatable bonds is 8. The lowest BCUT2D eigenvalue weighted by atomic mass is 10.0. The molecule has 0 aliphatic carbocycles. The number of hydrogen-bond donors (Lipinski definition) is 3. The van der Waals surface area contributed by atoms with Gasteiger partial charge >= 0.3 is 6.03 Å². The SMILES string of the molecule is CCc1ccc(C(C)NC(=O)C(CCSC)NC(N)=O)cc1. The highest BCUT2D eigenvalue weighted by molar-refractivity contribution is 7.98. The Balaban J connectivity index is 2.67. The number of hydrogen-bond acceptors (Lipinski definition) is 3. The number of primary amides is 1. The number of aryl methyl sites for hydroxylation is 1. The fraction of sp³-hybridized carbons (Fsp3) is 0.500. The molecule has 6 heteroatoms. The molecule has 0 saturated heterocycles. The van der Waals surface area contributed by atoms with Gasteiger partial charge in [-0.05, 0) is 42.9 Å². The highest BCUT2D eigenvalue weighted by Gasteiger charge is 2.21. The van der Waals surface area contributed by atoms with E-state index in [1.807, 2.05) is 25.3 Å². The van der Waals surface area contributed by atoms with Crippen LogP contribution in [-0.2, 0) is 11.2 Å². The Morgan fingerprint density at radius 1 is 1.23 bits per heavy atom. The van der Waals surface area contributed by atoms with Crippen molar-refractivity contribution in [1.29, 1.82) is 0 Å². The van der Waals surface area contributed by atoms with Gasteiger partial charge in [0.15, 0.2) is 0 Å². The van der Waals surface area contributed by atoms with Gasteiger partial charge in [-0.25, -0.2) is 4.79 Å². The van der Waals surface area contributed by atoms with Gasteiger partial charge in [-0.15, -0.1) is 0 Å².